The number of hydrogen-bond acceptors (Lipinski definition) is 2. The molecule has 0 radical (unpaired) electrons. The molecule has 0 fully saturated rings. The molecular weight excluding hydrogens is 232 g/mol. The van der Waals surface area contributed by atoms with Gasteiger partial charge in [0, 0.05) is 7.11 Å². The van der Waals surface area contributed by atoms with Crippen molar-refractivity contribution in [1.29, 1.82) is 0 Å². The van der Waals surface area contributed by atoms with Gasteiger partial charge in [0.15, 0.2) is 4.77 Å². The Kier molecular flexibility index (Phi) is 3.97. The number of nitrogens with zero attached hydrogens (tertiary/aromatic N) is 1. The predicted octanol–water partition coefficient (Wildman–Crippen LogP) is 3.69. The first-order valence-corrected chi connectivity index (χ1v) is 6.37. The van der Waals surface area contributed by atoms with E-state index >= 15 is 0 Å². The van der Waals surface area contributed by atoms with Gasteiger partial charge in [-0.2, -0.15) is 0 Å². The Labute approximate surface area is 106 Å². The normalized spacial score (nSPS) is 13.1. The number of nitrogens with one attached hydrogen (secondary N) is 1. The van der Waals surface area contributed by atoms with Crippen molar-refractivity contribution in [3.05, 3.63) is 29.0 Å². The minimum atomic E-state index is 0.314. The zero-order valence-electron chi connectivity index (χ0n) is 10.3. The summed E-state index contributed by atoms with van der Waals surface area (Å²) in [5, 5.41) is 0. The third-order valence-electron chi connectivity index (χ3n) is 2.97. The molecule has 1 heterocycles. The third kappa shape index (κ3) is 2.42. The maximum atomic E-state index is 5.41. The molecule has 1 N–H and O–H groups in total. The van der Waals surface area contributed by atoms with Gasteiger partial charge in [0.1, 0.15) is 0 Å². The number of benzene rings is 1. The zero-order valence-corrected chi connectivity index (χ0v) is 11.1. The van der Waals surface area contributed by atoms with E-state index in [-0.39, 0.29) is 0 Å². The first kappa shape index (κ1) is 12.3. The van der Waals surface area contributed by atoms with Crippen molar-refractivity contribution in [2.24, 2.45) is 0 Å². The third-order valence-corrected chi connectivity index (χ3v) is 3.27. The smallest absolute Gasteiger partial charge is 0.178 e. The number of hydrogen-bond donors (Lipinski definition) is 1. The number of methoxy groups -OCH3 is 1. The molecule has 4 heteroatoms. The SMILES string of the molecule is CCCC(COC)n1c(=S)[nH]c2ccccc21. The van der Waals surface area contributed by atoms with Crippen LogP contribution in [0.5, 0.6) is 0 Å². The summed E-state index contributed by atoms with van der Waals surface area (Å²) in [5.74, 6) is 0. The Hall–Kier alpha value is -1.13. The van der Waals surface area contributed by atoms with E-state index in [1.165, 1.54) is 0 Å². The van der Waals surface area contributed by atoms with E-state index in [0.29, 0.717) is 12.6 Å². The summed E-state index contributed by atoms with van der Waals surface area (Å²) in [6, 6.07) is 8.52. The standard InChI is InChI=1S/C13H18N2OS/c1-3-6-10(9-16-2)15-12-8-5-4-7-11(12)14-13(15)17/h4-5,7-8,10H,3,6,9H2,1-2H3,(H,14,17). The van der Waals surface area contributed by atoms with E-state index < -0.39 is 0 Å². The Morgan fingerprint density at radius 3 is 2.88 bits per heavy atom. The Bertz CT molecular complexity index is 538. The van der Waals surface area contributed by atoms with Gasteiger partial charge in [-0.25, -0.2) is 0 Å². The average molecular weight is 250 g/mol. The second-order valence-electron chi connectivity index (χ2n) is 4.22. The lowest BCUT2D eigenvalue weighted by molar-refractivity contribution is 0.151. The van der Waals surface area contributed by atoms with E-state index in [1.807, 2.05) is 12.1 Å². The number of H-pyrrole nitrogens is 1. The highest BCUT2D eigenvalue weighted by atomic mass is 32.1. The van der Waals surface area contributed by atoms with E-state index in [4.69, 9.17) is 17.0 Å². The number of fused-ring (bicyclic) bond motifs is 1. The lowest BCUT2D eigenvalue weighted by Crippen LogP contribution is -2.14. The second kappa shape index (κ2) is 5.47. The summed E-state index contributed by atoms with van der Waals surface area (Å²) in [4.78, 5) is 3.25. The molecule has 0 amide bonds. The second-order valence-corrected chi connectivity index (χ2v) is 4.60. The van der Waals surface area contributed by atoms with Crippen LogP contribution >= 0.6 is 12.2 Å². The van der Waals surface area contributed by atoms with E-state index in [0.717, 1.165) is 28.6 Å². The molecule has 2 aromatic rings. The average Bonchev–Trinajstić information content (AvgIpc) is 2.64. The van der Waals surface area contributed by atoms with Gasteiger partial charge in [-0.05, 0) is 30.8 Å². The van der Waals surface area contributed by atoms with Crippen LogP contribution in [-0.4, -0.2) is 23.3 Å². The van der Waals surface area contributed by atoms with Crippen LogP contribution in [-0.2, 0) is 4.74 Å². The summed E-state index contributed by atoms with van der Waals surface area (Å²) in [6.07, 6.45) is 2.19. The van der Waals surface area contributed by atoms with Crippen molar-refractivity contribution in [2.45, 2.75) is 25.8 Å². The number of aromatic amines is 1. The summed E-state index contributed by atoms with van der Waals surface area (Å²) in [7, 11) is 1.74. The molecule has 0 aliphatic carbocycles. The van der Waals surface area contributed by atoms with Gasteiger partial charge in [-0.15, -0.1) is 0 Å². The molecule has 1 aromatic carbocycles. The van der Waals surface area contributed by atoms with Gasteiger partial charge in [-0.3, -0.25) is 0 Å². The van der Waals surface area contributed by atoms with Crippen LogP contribution in [0.4, 0.5) is 0 Å². The Morgan fingerprint density at radius 2 is 2.18 bits per heavy atom. The molecule has 1 atom stereocenters. The highest BCUT2D eigenvalue weighted by molar-refractivity contribution is 7.71. The van der Waals surface area contributed by atoms with Crippen molar-refractivity contribution >= 4 is 23.3 Å². The van der Waals surface area contributed by atoms with Gasteiger partial charge in [-0.1, -0.05) is 25.5 Å². The van der Waals surface area contributed by atoms with Crippen LogP contribution in [0.3, 0.4) is 0 Å². The maximum Gasteiger partial charge on any atom is 0.178 e. The molecule has 17 heavy (non-hydrogen) atoms. The van der Waals surface area contributed by atoms with E-state index in [1.54, 1.807) is 7.11 Å². The van der Waals surface area contributed by atoms with Crippen LogP contribution in [0.1, 0.15) is 25.8 Å². The predicted molar refractivity (Wildman–Crippen MR) is 72.9 cm³/mol. The van der Waals surface area contributed by atoms with Crippen LogP contribution in [0, 0.1) is 4.77 Å². The molecule has 0 saturated heterocycles. The number of para-hydroxylation sites is 2. The topological polar surface area (TPSA) is 29.9 Å². The monoisotopic (exact) mass is 250 g/mol. The number of ether oxygens (including phenoxy) is 1. The van der Waals surface area contributed by atoms with Gasteiger partial charge in [0.05, 0.1) is 23.7 Å². The molecule has 0 bridgehead atoms. The van der Waals surface area contributed by atoms with Crippen molar-refractivity contribution < 1.29 is 4.74 Å². The lowest BCUT2D eigenvalue weighted by atomic mass is 10.1. The first-order chi connectivity index (χ1) is 8.27. The van der Waals surface area contributed by atoms with Crippen LogP contribution < -0.4 is 0 Å². The van der Waals surface area contributed by atoms with Crippen LogP contribution in [0.2, 0.25) is 0 Å². The molecular formula is C13H18N2OS. The molecule has 1 aromatic heterocycles. The highest BCUT2D eigenvalue weighted by Crippen LogP contribution is 2.22. The molecule has 1 unspecified atom stereocenters. The summed E-state index contributed by atoms with van der Waals surface area (Å²) < 4.78 is 8.26. The fourth-order valence-electron chi connectivity index (χ4n) is 2.25. The minimum absolute atomic E-state index is 0.314. The molecule has 0 aliphatic rings. The van der Waals surface area contributed by atoms with Crippen molar-refractivity contribution in [1.82, 2.24) is 9.55 Å². The molecule has 0 saturated carbocycles. The van der Waals surface area contributed by atoms with E-state index in [9.17, 15) is 0 Å². The first-order valence-electron chi connectivity index (χ1n) is 5.96. The van der Waals surface area contributed by atoms with Crippen LogP contribution in [0.15, 0.2) is 24.3 Å². The van der Waals surface area contributed by atoms with Crippen LogP contribution in [0.25, 0.3) is 11.0 Å². The molecule has 92 valence electrons. The van der Waals surface area contributed by atoms with Gasteiger partial charge in [0.25, 0.3) is 0 Å². The van der Waals surface area contributed by atoms with Gasteiger partial charge < -0.3 is 14.3 Å². The van der Waals surface area contributed by atoms with Crippen molar-refractivity contribution in [3.8, 4) is 0 Å². The summed E-state index contributed by atoms with van der Waals surface area (Å²) in [6.45, 7) is 2.88. The molecule has 0 spiro atoms. The number of imidazole rings is 1. The van der Waals surface area contributed by atoms with Crippen molar-refractivity contribution in [2.75, 3.05) is 13.7 Å². The summed E-state index contributed by atoms with van der Waals surface area (Å²) >= 11 is 5.41. The Balaban J connectivity index is 2.51. The zero-order chi connectivity index (χ0) is 12.3. The molecule has 3 nitrogen and oxygen atoms in total. The Morgan fingerprint density at radius 1 is 1.41 bits per heavy atom. The van der Waals surface area contributed by atoms with Crippen molar-refractivity contribution in [3.63, 3.8) is 0 Å². The number of rotatable bonds is 5. The molecule has 0 aliphatic heterocycles. The quantitative estimate of drug-likeness (QED) is 0.820. The lowest BCUT2D eigenvalue weighted by Gasteiger charge is -2.17. The maximum absolute atomic E-state index is 5.41. The van der Waals surface area contributed by atoms with Gasteiger partial charge in [0.2, 0.25) is 0 Å². The van der Waals surface area contributed by atoms with Gasteiger partial charge >= 0.3 is 0 Å². The largest absolute Gasteiger partial charge is 0.383 e. The fraction of sp³-hybridized carbons (Fsp3) is 0.462. The minimum Gasteiger partial charge on any atom is -0.383 e. The fourth-order valence-corrected chi connectivity index (χ4v) is 2.61. The molecule has 2 rings (SSSR count). The highest BCUT2D eigenvalue weighted by Gasteiger charge is 2.14. The number of aromatic nitrogens is 2. The summed E-state index contributed by atoms with van der Waals surface area (Å²) in [5.41, 5.74) is 2.25. The van der Waals surface area contributed by atoms with E-state index in [2.05, 4.69) is 28.6 Å².